The first kappa shape index (κ1) is 15.6. The van der Waals surface area contributed by atoms with E-state index in [9.17, 15) is 14.7 Å². The lowest BCUT2D eigenvalue weighted by molar-refractivity contribution is 0.00350. The van der Waals surface area contributed by atoms with Crippen molar-refractivity contribution in [2.75, 3.05) is 36.9 Å². The van der Waals surface area contributed by atoms with E-state index in [-0.39, 0.29) is 30.1 Å². The monoisotopic (exact) mass is 298 g/mol. The zero-order valence-electron chi connectivity index (χ0n) is 12.3. The zero-order valence-corrected chi connectivity index (χ0v) is 12.3. The Bertz CT molecular complexity index is 607. The Kier molecular flexibility index (Phi) is 4.69. The molecule has 21 heavy (non-hydrogen) atoms. The number of ether oxygens (including phenoxy) is 1. The van der Waals surface area contributed by atoms with E-state index in [2.05, 4.69) is 4.98 Å². The number of hydrogen-bond donors (Lipinski definition) is 3. The highest BCUT2D eigenvalue weighted by Gasteiger charge is 2.25. The number of nitrogen functional groups attached to an aromatic ring is 1. The van der Waals surface area contributed by atoms with E-state index >= 15 is 0 Å². The SMILES string of the molecule is CC(C)Cn1c(N)c(N2CCOC(CO)C2)c(=O)[nH]c1=O. The van der Waals surface area contributed by atoms with Gasteiger partial charge in [-0.1, -0.05) is 13.8 Å². The average Bonchev–Trinajstić information content (AvgIpc) is 2.43. The summed E-state index contributed by atoms with van der Waals surface area (Å²) < 4.78 is 6.74. The summed E-state index contributed by atoms with van der Waals surface area (Å²) in [4.78, 5) is 28.1. The summed E-state index contributed by atoms with van der Waals surface area (Å²) in [7, 11) is 0. The molecule has 1 aliphatic rings. The topological polar surface area (TPSA) is 114 Å². The largest absolute Gasteiger partial charge is 0.394 e. The van der Waals surface area contributed by atoms with E-state index in [0.29, 0.717) is 26.2 Å². The Hall–Kier alpha value is -1.80. The van der Waals surface area contributed by atoms with Crippen molar-refractivity contribution < 1.29 is 9.84 Å². The summed E-state index contributed by atoms with van der Waals surface area (Å²) in [5.74, 6) is 0.384. The van der Waals surface area contributed by atoms with E-state index in [4.69, 9.17) is 10.5 Å². The summed E-state index contributed by atoms with van der Waals surface area (Å²) in [6, 6.07) is 0. The van der Waals surface area contributed by atoms with Crippen LogP contribution < -0.4 is 21.9 Å². The number of aromatic amines is 1. The predicted molar refractivity (Wildman–Crippen MR) is 79.6 cm³/mol. The summed E-state index contributed by atoms with van der Waals surface area (Å²) in [5.41, 5.74) is 5.32. The standard InChI is InChI=1S/C13H22N4O4/c1-8(2)5-17-11(14)10(12(19)15-13(17)20)16-3-4-21-9(6-16)7-18/h8-9,18H,3-7,14H2,1-2H3,(H,15,19,20). The molecule has 1 fully saturated rings. The molecule has 1 unspecified atom stereocenters. The number of H-pyrrole nitrogens is 1. The molecule has 0 aromatic carbocycles. The maximum Gasteiger partial charge on any atom is 0.330 e. The van der Waals surface area contributed by atoms with Gasteiger partial charge in [-0.15, -0.1) is 0 Å². The summed E-state index contributed by atoms with van der Waals surface area (Å²) in [6.45, 7) is 5.49. The Balaban J connectivity index is 2.43. The van der Waals surface area contributed by atoms with Gasteiger partial charge in [-0.25, -0.2) is 4.79 Å². The van der Waals surface area contributed by atoms with Gasteiger partial charge >= 0.3 is 5.69 Å². The van der Waals surface area contributed by atoms with E-state index in [1.54, 1.807) is 4.90 Å². The molecule has 1 aromatic heterocycles. The number of nitrogens with one attached hydrogen (secondary N) is 1. The van der Waals surface area contributed by atoms with Gasteiger partial charge in [0.15, 0.2) is 0 Å². The highest BCUT2D eigenvalue weighted by Crippen LogP contribution is 2.20. The molecule has 0 saturated carbocycles. The van der Waals surface area contributed by atoms with Gasteiger partial charge in [0.05, 0.1) is 19.3 Å². The van der Waals surface area contributed by atoms with Crippen LogP contribution in [0.1, 0.15) is 13.8 Å². The van der Waals surface area contributed by atoms with E-state index < -0.39 is 11.2 Å². The second-order valence-electron chi connectivity index (χ2n) is 5.62. The number of rotatable bonds is 4. The first-order valence-corrected chi connectivity index (χ1v) is 7.04. The fraction of sp³-hybridized carbons (Fsp3) is 0.692. The normalized spacial score (nSPS) is 19.2. The second kappa shape index (κ2) is 6.31. The number of aromatic nitrogens is 2. The minimum atomic E-state index is -0.504. The number of aliphatic hydroxyl groups is 1. The molecule has 4 N–H and O–H groups in total. The fourth-order valence-corrected chi connectivity index (χ4v) is 2.46. The van der Waals surface area contributed by atoms with Crippen LogP contribution in [0.2, 0.25) is 0 Å². The van der Waals surface area contributed by atoms with Crippen LogP contribution in [-0.4, -0.2) is 47.1 Å². The van der Waals surface area contributed by atoms with Crippen molar-refractivity contribution in [3.05, 3.63) is 20.8 Å². The molecule has 8 nitrogen and oxygen atoms in total. The Morgan fingerprint density at radius 2 is 2.19 bits per heavy atom. The highest BCUT2D eigenvalue weighted by molar-refractivity contribution is 5.62. The van der Waals surface area contributed by atoms with Crippen molar-refractivity contribution in [2.45, 2.75) is 26.5 Å². The molecule has 0 bridgehead atoms. The molecule has 0 radical (unpaired) electrons. The third-order valence-electron chi connectivity index (χ3n) is 3.42. The molecule has 8 heteroatoms. The van der Waals surface area contributed by atoms with Crippen molar-refractivity contribution in [2.24, 2.45) is 5.92 Å². The molecule has 0 amide bonds. The van der Waals surface area contributed by atoms with Crippen LogP contribution >= 0.6 is 0 Å². The fourth-order valence-electron chi connectivity index (χ4n) is 2.46. The Morgan fingerprint density at radius 3 is 2.81 bits per heavy atom. The van der Waals surface area contributed by atoms with Crippen molar-refractivity contribution in [1.29, 1.82) is 0 Å². The quantitative estimate of drug-likeness (QED) is 0.655. The van der Waals surface area contributed by atoms with Gasteiger partial charge in [-0.3, -0.25) is 14.3 Å². The number of aliphatic hydroxyl groups excluding tert-OH is 1. The average molecular weight is 298 g/mol. The predicted octanol–water partition coefficient (Wildman–Crippen LogP) is -1.03. The third kappa shape index (κ3) is 3.27. The smallest absolute Gasteiger partial charge is 0.330 e. The molecule has 1 aromatic rings. The van der Waals surface area contributed by atoms with Gasteiger partial charge in [0, 0.05) is 19.6 Å². The molecule has 0 spiro atoms. The van der Waals surface area contributed by atoms with Crippen molar-refractivity contribution in [3.63, 3.8) is 0 Å². The molecule has 1 saturated heterocycles. The summed E-state index contributed by atoms with van der Waals surface area (Å²) in [6.07, 6.45) is -0.358. The van der Waals surface area contributed by atoms with Crippen LogP contribution in [0.4, 0.5) is 11.5 Å². The molecule has 118 valence electrons. The molecule has 1 atom stereocenters. The number of anilines is 2. The van der Waals surface area contributed by atoms with Crippen LogP contribution in [-0.2, 0) is 11.3 Å². The van der Waals surface area contributed by atoms with Crippen LogP contribution in [0.3, 0.4) is 0 Å². The second-order valence-corrected chi connectivity index (χ2v) is 5.62. The molecule has 1 aliphatic heterocycles. The van der Waals surface area contributed by atoms with E-state index in [1.165, 1.54) is 4.57 Å². The number of nitrogens with zero attached hydrogens (tertiary/aromatic N) is 2. The van der Waals surface area contributed by atoms with Crippen molar-refractivity contribution in [1.82, 2.24) is 9.55 Å². The van der Waals surface area contributed by atoms with E-state index in [1.807, 2.05) is 13.8 Å². The molecule has 0 aliphatic carbocycles. The van der Waals surface area contributed by atoms with Gasteiger partial charge in [0.1, 0.15) is 11.5 Å². The Morgan fingerprint density at radius 1 is 1.48 bits per heavy atom. The molecular formula is C13H22N4O4. The summed E-state index contributed by atoms with van der Waals surface area (Å²) >= 11 is 0. The van der Waals surface area contributed by atoms with Gasteiger partial charge in [0.25, 0.3) is 5.56 Å². The lowest BCUT2D eigenvalue weighted by Crippen LogP contribution is -2.48. The first-order valence-electron chi connectivity index (χ1n) is 7.04. The van der Waals surface area contributed by atoms with E-state index in [0.717, 1.165) is 0 Å². The van der Waals surface area contributed by atoms with Crippen molar-refractivity contribution >= 4 is 11.5 Å². The van der Waals surface area contributed by atoms with Crippen LogP contribution in [0, 0.1) is 5.92 Å². The van der Waals surface area contributed by atoms with Gasteiger partial charge < -0.3 is 20.5 Å². The first-order chi connectivity index (χ1) is 9.93. The molecule has 2 heterocycles. The maximum absolute atomic E-state index is 12.1. The van der Waals surface area contributed by atoms with Crippen LogP contribution in [0.25, 0.3) is 0 Å². The van der Waals surface area contributed by atoms with Gasteiger partial charge in [0.2, 0.25) is 0 Å². The zero-order chi connectivity index (χ0) is 15.6. The van der Waals surface area contributed by atoms with Gasteiger partial charge in [-0.2, -0.15) is 0 Å². The minimum Gasteiger partial charge on any atom is -0.394 e. The van der Waals surface area contributed by atoms with Crippen LogP contribution in [0.5, 0.6) is 0 Å². The number of morpholine rings is 1. The molecular weight excluding hydrogens is 276 g/mol. The van der Waals surface area contributed by atoms with Crippen molar-refractivity contribution in [3.8, 4) is 0 Å². The van der Waals surface area contributed by atoms with Crippen LogP contribution in [0.15, 0.2) is 9.59 Å². The maximum atomic E-state index is 12.1. The lowest BCUT2D eigenvalue weighted by atomic mass is 10.2. The number of nitrogens with two attached hydrogens (primary N) is 1. The van der Waals surface area contributed by atoms with Gasteiger partial charge in [-0.05, 0) is 5.92 Å². The summed E-state index contributed by atoms with van der Waals surface area (Å²) in [5, 5.41) is 9.19. The Labute approximate surface area is 122 Å². The third-order valence-corrected chi connectivity index (χ3v) is 3.42. The highest BCUT2D eigenvalue weighted by atomic mass is 16.5. The number of hydrogen-bond acceptors (Lipinski definition) is 6. The lowest BCUT2D eigenvalue weighted by Gasteiger charge is -2.34. The molecule has 2 rings (SSSR count). The minimum absolute atomic E-state index is 0.125.